The van der Waals surface area contributed by atoms with Crippen LogP contribution in [-0.4, -0.2) is 6.54 Å². The summed E-state index contributed by atoms with van der Waals surface area (Å²) < 4.78 is 0.991. The van der Waals surface area contributed by atoms with Gasteiger partial charge in [0.15, 0.2) is 0 Å². The maximum absolute atomic E-state index is 5.74. The van der Waals surface area contributed by atoms with E-state index in [0.717, 1.165) is 15.7 Å². The van der Waals surface area contributed by atoms with Crippen LogP contribution in [0.5, 0.6) is 0 Å². The van der Waals surface area contributed by atoms with Crippen LogP contribution in [0.2, 0.25) is 0 Å². The SMILES string of the molecule is NCC=Cc1ccc(Br)cc1N. The summed E-state index contributed by atoms with van der Waals surface area (Å²) in [5.41, 5.74) is 12.8. The number of hydrogen-bond donors (Lipinski definition) is 2. The lowest BCUT2D eigenvalue weighted by Crippen LogP contribution is -1.93. The summed E-state index contributed by atoms with van der Waals surface area (Å²) in [5.74, 6) is 0. The number of rotatable bonds is 2. The first-order chi connectivity index (χ1) is 5.74. The van der Waals surface area contributed by atoms with Crippen molar-refractivity contribution in [1.29, 1.82) is 0 Å². The summed E-state index contributed by atoms with van der Waals surface area (Å²) in [6.45, 7) is 0.537. The molecule has 2 nitrogen and oxygen atoms in total. The van der Waals surface area contributed by atoms with Crippen molar-refractivity contribution in [3.05, 3.63) is 34.3 Å². The molecule has 1 aromatic carbocycles. The minimum absolute atomic E-state index is 0.537. The lowest BCUT2D eigenvalue weighted by molar-refractivity contribution is 1.26. The summed E-state index contributed by atoms with van der Waals surface area (Å²) >= 11 is 3.34. The van der Waals surface area contributed by atoms with E-state index in [-0.39, 0.29) is 0 Å². The van der Waals surface area contributed by atoms with Crippen molar-refractivity contribution in [3.8, 4) is 0 Å². The van der Waals surface area contributed by atoms with Gasteiger partial charge in [0.2, 0.25) is 0 Å². The molecule has 0 spiro atoms. The standard InChI is InChI=1S/C9H11BrN2/c10-8-4-3-7(2-1-5-11)9(12)6-8/h1-4,6H,5,11-12H2. The van der Waals surface area contributed by atoms with E-state index < -0.39 is 0 Å². The molecule has 0 saturated carbocycles. The van der Waals surface area contributed by atoms with Crippen LogP contribution >= 0.6 is 15.9 Å². The van der Waals surface area contributed by atoms with Crippen LogP contribution in [0.15, 0.2) is 28.7 Å². The number of nitrogen functional groups attached to an aromatic ring is 1. The Morgan fingerprint density at radius 2 is 2.17 bits per heavy atom. The van der Waals surface area contributed by atoms with Crippen molar-refractivity contribution in [1.82, 2.24) is 0 Å². The highest BCUT2D eigenvalue weighted by Gasteiger charge is 1.94. The van der Waals surface area contributed by atoms with Crippen molar-refractivity contribution in [2.24, 2.45) is 5.73 Å². The molecule has 0 heterocycles. The van der Waals surface area contributed by atoms with Gasteiger partial charge in [-0.15, -0.1) is 0 Å². The second-order valence-corrected chi connectivity index (χ2v) is 3.33. The lowest BCUT2D eigenvalue weighted by Gasteiger charge is -1.99. The average molecular weight is 227 g/mol. The maximum Gasteiger partial charge on any atom is 0.0398 e. The van der Waals surface area contributed by atoms with E-state index >= 15 is 0 Å². The van der Waals surface area contributed by atoms with Gasteiger partial charge >= 0.3 is 0 Å². The Balaban J connectivity index is 2.94. The number of anilines is 1. The van der Waals surface area contributed by atoms with Crippen LogP contribution in [0.3, 0.4) is 0 Å². The monoisotopic (exact) mass is 226 g/mol. The number of halogens is 1. The fraction of sp³-hybridized carbons (Fsp3) is 0.111. The molecular formula is C9H11BrN2. The number of benzene rings is 1. The quantitative estimate of drug-likeness (QED) is 0.759. The highest BCUT2D eigenvalue weighted by molar-refractivity contribution is 9.10. The summed E-state index contributed by atoms with van der Waals surface area (Å²) in [7, 11) is 0. The van der Waals surface area contributed by atoms with Crippen molar-refractivity contribution < 1.29 is 0 Å². The van der Waals surface area contributed by atoms with Crippen molar-refractivity contribution in [2.45, 2.75) is 0 Å². The first-order valence-electron chi connectivity index (χ1n) is 3.65. The molecule has 0 amide bonds. The molecule has 0 aliphatic carbocycles. The van der Waals surface area contributed by atoms with Crippen molar-refractivity contribution in [3.63, 3.8) is 0 Å². The third-order valence-corrected chi connectivity index (χ3v) is 1.98. The van der Waals surface area contributed by atoms with Crippen LogP contribution in [0.1, 0.15) is 5.56 Å². The molecule has 0 radical (unpaired) electrons. The predicted octanol–water partition coefficient (Wildman–Crippen LogP) is 2.00. The molecule has 1 aromatic rings. The summed E-state index contributed by atoms with van der Waals surface area (Å²) in [4.78, 5) is 0. The van der Waals surface area contributed by atoms with Gasteiger partial charge in [-0.25, -0.2) is 0 Å². The lowest BCUT2D eigenvalue weighted by atomic mass is 10.2. The molecule has 64 valence electrons. The van der Waals surface area contributed by atoms with Crippen LogP contribution in [-0.2, 0) is 0 Å². The molecule has 0 aliphatic heterocycles. The van der Waals surface area contributed by atoms with E-state index in [1.165, 1.54) is 0 Å². The van der Waals surface area contributed by atoms with Crippen molar-refractivity contribution >= 4 is 27.7 Å². The third-order valence-electron chi connectivity index (χ3n) is 1.48. The van der Waals surface area contributed by atoms with Crippen LogP contribution in [0, 0.1) is 0 Å². The highest BCUT2D eigenvalue weighted by atomic mass is 79.9. The highest BCUT2D eigenvalue weighted by Crippen LogP contribution is 2.19. The van der Waals surface area contributed by atoms with Gasteiger partial charge in [-0.3, -0.25) is 0 Å². The Morgan fingerprint density at radius 1 is 1.42 bits per heavy atom. The zero-order valence-electron chi connectivity index (χ0n) is 6.63. The van der Waals surface area contributed by atoms with Gasteiger partial charge in [-0.05, 0) is 17.7 Å². The van der Waals surface area contributed by atoms with Gasteiger partial charge in [-0.1, -0.05) is 34.1 Å². The van der Waals surface area contributed by atoms with E-state index in [9.17, 15) is 0 Å². The molecular weight excluding hydrogens is 216 g/mol. The third kappa shape index (κ3) is 2.36. The van der Waals surface area contributed by atoms with Gasteiger partial charge < -0.3 is 11.5 Å². The van der Waals surface area contributed by atoms with E-state index in [1.807, 2.05) is 30.4 Å². The van der Waals surface area contributed by atoms with Crippen LogP contribution in [0.25, 0.3) is 6.08 Å². The largest absolute Gasteiger partial charge is 0.398 e. The van der Waals surface area contributed by atoms with E-state index in [1.54, 1.807) is 0 Å². The zero-order valence-corrected chi connectivity index (χ0v) is 8.21. The van der Waals surface area contributed by atoms with Gasteiger partial charge in [-0.2, -0.15) is 0 Å². The molecule has 0 unspecified atom stereocenters. The molecule has 0 saturated heterocycles. The first-order valence-corrected chi connectivity index (χ1v) is 4.45. The van der Waals surface area contributed by atoms with Gasteiger partial charge in [0.25, 0.3) is 0 Å². The average Bonchev–Trinajstić information content (AvgIpc) is 2.03. The summed E-state index contributed by atoms with van der Waals surface area (Å²) in [5, 5.41) is 0. The zero-order chi connectivity index (χ0) is 8.97. The Labute approximate surface area is 80.4 Å². The van der Waals surface area contributed by atoms with Crippen molar-refractivity contribution in [2.75, 3.05) is 12.3 Å². The molecule has 3 heteroatoms. The van der Waals surface area contributed by atoms with E-state index in [2.05, 4.69) is 15.9 Å². The first kappa shape index (κ1) is 9.29. The fourth-order valence-corrected chi connectivity index (χ4v) is 1.27. The summed E-state index contributed by atoms with van der Waals surface area (Å²) in [6, 6.07) is 5.77. The van der Waals surface area contributed by atoms with Gasteiger partial charge in [0, 0.05) is 16.7 Å². The maximum atomic E-state index is 5.74. The molecule has 0 aromatic heterocycles. The Morgan fingerprint density at radius 3 is 2.75 bits per heavy atom. The van der Waals surface area contributed by atoms with Gasteiger partial charge in [0.05, 0.1) is 0 Å². The van der Waals surface area contributed by atoms with Crippen LogP contribution < -0.4 is 11.5 Å². The summed E-state index contributed by atoms with van der Waals surface area (Å²) in [6.07, 6.45) is 3.79. The Kier molecular flexibility index (Phi) is 3.31. The Hall–Kier alpha value is -0.800. The van der Waals surface area contributed by atoms with Crippen LogP contribution in [0.4, 0.5) is 5.69 Å². The van der Waals surface area contributed by atoms with E-state index in [0.29, 0.717) is 6.54 Å². The van der Waals surface area contributed by atoms with Gasteiger partial charge in [0.1, 0.15) is 0 Å². The number of hydrogen-bond acceptors (Lipinski definition) is 2. The smallest absolute Gasteiger partial charge is 0.0398 e. The van der Waals surface area contributed by atoms with E-state index in [4.69, 9.17) is 11.5 Å². The minimum atomic E-state index is 0.537. The minimum Gasteiger partial charge on any atom is -0.398 e. The molecule has 1 rings (SSSR count). The molecule has 12 heavy (non-hydrogen) atoms. The molecule has 0 aliphatic rings. The molecule has 0 atom stereocenters. The normalized spacial score (nSPS) is 10.8. The second kappa shape index (κ2) is 4.28. The fourth-order valence-electron chi connectivity index (χ4n) is 0.892. The predicted molar refractivity (Wildman–Crippen MR) is 56.6 cm³/mol. The molecule has 0 bridgehead atoms. The molecule has 4 N–H and O–H groups in total. The Bertz CT molecular complexity index is 295. The second-order valence-electron chi connectivity index (χ2n) is 2.41. The topological polar surface area (TPSA) is 52.0 Å². The number of nitrogens with two attached hydrogens (primary N) is 2. The molecule has 0 fully saturated rings.